The van der Waals surface area contributed by atoms with Gasteiger partial charge in [0.15, 0.2) is 0 Å². The van der Waals surface area contributed by atoms with Crippen molar-refractivity contribution in [3.63, 3.8) is 0 Å². The lowest BCUT2D eigenvalue weighted by atomic mass is 10.5. The Morgan fingerprint density at radius 3 is 1.81 bits per heavy atom. The molecule has 2 aromatic rings. The monoisotopic (exact) mass is 481 g/mol. The average Bonchev–Trinajstić information content (AvgIpc) is 2.58. The summed E-state index contributed by atoms with van der Waals surface area (Å²) in [6, 6.07) is 0. The molecule has 0 aliphatic rings. The van der Waals surface area contributed by atoms with Crippen LogP contribution in [-0.4, -0.2) is 80.6 Å². The van der Waals surface area contributed by atoms with E-state index in [9.17, 15) is 31.5 Å². The Hall–Kier alpha value is -3.49. The molecule has 0 amide bonds. The minimum Gasteiger partial charge on any atom is -0.493 e. The quantitative estimate of drug-likeness (QED) is 0.142. The summed E-state index contributed by atoms with van der Waals surface area (Å²) in [4.78, 5) is 37.7. The third-order valence-electron chi connectivity index (χ3n) is 3.05. The highest BCUT2D eigenvalue weighted by Crippen LogP contribution is 2.19. The molecule has 0 bridgehead atoms. The van der Waals surface area contributed by atoms with Crippen LogP contribution < -0.4 is 21.9 Å². The van der Waals surface area contributed by atoms with Crippen molar-refractivity contribution < 1.29 is 31.0 Å². The summed E-state index contributed by atoms with van der Waals surface area (Å²) in [7, 11) is -8.57. The second kappa shape index (κ2) is 9.55. The second-order valence-corrected chi connectivity index (χ2v) is 8.66. The summed E-state index contributed by atoms with van der Waals surface area (Å²) in [5.74, 6) is -3.31. The molecule has 0 saturated heterocycles. The molecule has 0 unspecified atom stereocenters. The Morgan fingerprint density at radius 1 is 0.839 bits per heavy atom. The van der Waals surface area contributed by atoms with Gasteiger partial charge in [0.05, 0.1) is 11.5 Å². The number of hydrogen-bond acceptors (Lipinski definition) is 14. The number of hydrogen-bond donors (Lipinski definition) is 7. The highest BCUT2D eigenvalue weighted by atomic mass is 32.2. The van der Waals surface area contributed by atoms with Crippen LogP contribution in [-0.2, 0) is 20.2 Å². The molecule has 0 fully saturated rings. The Labute approximate surface area is 172 Å². The van der Waals surface area contributed by atoms with Crippen LogP contribution >= 0.6 is 0 Å². The lowest BCUT2D eigenvalue weighted by Gasteiger charge is -2.07. The van der Waals surface area contributed by atoms with E-state index in [0.717, 1.165) is 0 Å². The van der Waals surface area contributed by atoms with Gasteiger partial charge in [-0.2, -0.15) is 31.8 Å². The van der Waals surface area contributed by atoms with Gasteiger partial charge in [-0.05, 0) is 0 Å². The van der Waals surface area contributed by atoms with E-state index < -0.39 is 60.5 Å². The van der Waals surface area contributed by atoms with Crippen molar-refractivity contribution >= 4 is 43.8 Å². The molecule has 0 spiro atoms. The van der Waals surface area contributed by atoms with Crippen molar-refractivity contribution in [3.05, 3.63) is 20.8 Å². The van der Waals surface area contributed by atoms with E-state index in [-0.39, 0.29) is 25.0 Å². The number of nitrogens with zero attached hydrogens (tertiary/aromatic N) is 5. The van der Waals surface area contributed by atoms with E-state index in [4.69, 9.17) is 9.11 Å². The van der Waals surface area contributed by atoms with Crippen LogP contribution in [0.25, 0.3) is 0 Å². The normalized spacial score (nSPS) is 12.2. The zero-order chi connectivity index (χ0) is 23.2. The topological polar surface area (TPSA) is 282 Å². The molecule has 2 heterocycles. The van der Waals surface area contributed by atoms with Crippen molar-refractivity contribution in [3.8, 4) is 5.88 Å². The number of azo groups is 1. The van der Waals surface area contributed by atoms with Crippen LogP contribution in [0.4, 0.5) is 23.5 Å². The molecular weight excluding hydrogens is 466 g/mol. The Kier molecular flexibility index (Phi) is 7.32. The van der Waals surface area contributed by atoms with Gasteiger partial charge in [-0.25, -0.2) is 4.79 Å². The van der Waals surface area contributed by atoms with Crippen molar-refractivity contribution in [1.29, 1.82) is 0 Å². The molecule has 0 aromatic carbocycles. The van der Waals surface area contributed by atoms with Crippen LogP contribution in [0.1, 0.15) is 0 Å². The largest absolute Gasteiger partial charge is 0.493 e. The highest BCUT2D eigenvalue weighted by Gasteiger charge is 2.12. The summed E-state index contributed by atoms with van der Waals surface area (Å²) in [6.07, 6.45) is 0. The minimum absolute atomic E-state index is 0.276. The molecule has 0 aliphatic heterocycles. The van der Waals surface area contributed by atoms with Gasteiger partial charge in [-0.1, -0.05) is 0 Å². The summed E-state index contributed by atoms with van der Waals surface area (Å²) >= 11 is 0. The number of rotatable bonds is 10. The molecule has 7 N–H and O–H groups in total. The SMILES string of the molecule is O=c1[nH]c(O)c(N=Nc2nc(NCCS(=O)(=O)O)nc(NCCS(=O)(=O)O)n2)c(=O)[nH]1. The first kappa shape index (κ1) is 23.8. The lowest BCUT2D eigenvalue weighted by Crippen LogP contribution is -2.20. The first-order chi connectivity index (χ1) is 14.3. The first-order valence-corrected chi connectivity index (χ1v) is 11.2. The number of nitrogens with one attached hydrogen (secondary N) is 4. The molecule has 31 heavy (non-hydrogen) atoms. The number of anilines is 2. The zero-order valence-corrected chi connectivity index (χ0v) is 16.8. The maximum Gasteiger partial charge on any atom is 0.328 e. The molecule has 2 rings (SSSR count). The molecule has 2 aromatic heterocycles. The minimum atomic E-state index is -4.29. The third kappa shape index (κ3) is 8.41. The van der Waals surface area contributed by atoms with E-state index in [1.165, 1.54) is 0 Å². The van der Waals surface area contributed by atoms with Gasteiger partial charge < -0.3 is 15.7 Å². The van der Waals surface area contributed by atoms with Crippen molar-refractivity contribution in [2.75, 3.05) is 35.2 Å². The van der Waals surface area contributed by atoms with Gasteiger partial charge in [0.1, 0.15) is 0 Å². The fourth-order valence-corrected chi connectivity index (χ4v) is 2.53. The summed E-state index contributed by atoms with van der Waals surface area (Å²) < 4.78 is 60.7. The van der Waals surface area contributed by atoms with Gasteiger partial charge in [0.25, 0.3) is 31.7 Å². The van der Waals surface area contributed by atoms with E-state index in [0.29, 0.717) is 0 Å². The molecule has 20 heteroatoms. The van der Waals surface area contributed by atoms with Crippen LogP contribution in [0.15, 0.2) is 19.8 Å². The first-order valence-electron chi connectivity index (χ1n) is 7.94. The van der Waals surface area contributed by atoms with E-state index in [1.54, 1.807) is 4.98 Å². The fourth-order valence-electron chi connectivity index (χ4n) is 1.81. The van der Waals surface area contributed by atoms with Gasteiger partial charge in [0, 0.05) is 13.1 Å². The van der Waals surface area contributed by atoms with Gasteiger partial charge >= 0.3 is 5.69 Å². The average molecular weight is 481 g/mol. The second-order valence-electron chi connectivity index (χ2n) is 5.51. The Balaban J connectivity index is 2.31. The fraction of sp³-hybridized carbons (Fsp3) is 0.364. The zero-order valence-electron chi connectivity index (χ0n) is 15.2. The molecule has 18 nitrogen and oxygen atoms in total. The van der Waals surface area contributed by atoms with Gasteiger partial charge in [0.2, 0.25) is 23.5 Å². The van der Waals surface area contributed by atoms with Crippen LogP contribution in [0.5, 0.6) is 5.88 Å². The van der Waals surface area contributed by atoms with Crippen molar-refractivity contribution in [2.45, 2.75) is 0 Å². The predicted molar refractivity (Wildman–Crippen MR) is 103 cm³/mol. The van der Waals surface area contributed by atoms with Crippen molar-refractivity contribution in [1.82, 2.24) is 24.9 Å². The van der Waals surface area contributed by atoms with Gasteiger partial charge in [-0.3, -0.25) is 23.9 Å². The predicted octanol–water partition coefficient (Wildman–Crippen LogP) is -2.03. The number of H-pyrrole nitrogens is 2. The summed E-state index contributed by atoms with van der Waals surface area (Å²) in [5.41, 5.74) is -2.74. The van der Waals surface area contributed by atoms with E-state index >= 15 is 0 Å². The molecule has 0 atom stereocenters. The van der Waals surface area contributed by atoms with E-state index in [2.05, 4.69) is 35.8 Å². The molecule has 0 aliphatic carbocycles. The lowest BCUT2D eigenvalue weighted by molar-refractivity contribution is 0.450. The smallest absolute Gasteiger partial charge is 0.328 e. The summed E-state index contributed by atoms with van der Waals surface area (Å²) in [6.45, 7) is -0.658. The van der Waals surface area contributed by atoms with Crippen LogP contribution in [0, 0.1) is 0 Å². The maximum atomic E-state index is 11.7. The van der Waals surface area contributed by atoms with Crippen LogP contribution in [0.3, 0.4) is 0 Å². The Bertz CT molecular complexity index is 1240. The van der Waals surface area contributed by atoms with E-state index in [1.807, 2.05) is 4.98 Å². The highest BCUT2D eigenvalue weighted by molar-refractivity contribution is 7.86. The Morgan fingerprint density at radius 2 is 1.35 bits per heavy atom. The molecule has 170 valence electrons. The standard InChI is InChI=1S/C11H15N9O9S2/c21-6-5(7(22)15-11(23)14-6)19-20-10-17-8(12-1-3-30(24,25)26)16-9(18-10)13-2-4-31(27,28)29/h1-4H2,(H,24,25,26)(H,27,28,29)(H2,12,13,16,17,18)(H3,14,15,21,22,23). The molecule has 0 saturated carbocycles. The van der Waals surface area contributed by atoms with Gasteiger partial charge in [-0.15, -0.1) is 10.2 Å². The third-order valence-corrected chi connectivity index (χ3v) is 4.49. The maximum absolute atomic E-state index is 11.7. The van der Waals surface area contributed by atoms with Crippen LogP contribution in [0.2, 0.25) is 0 Å². The molecule has 0 radical (unpaired) electrons. The van der Waals surface area contributed by atoms with Crippen molar-refractivity contribution in [2.24, 2.45) is 10.2 Å². The summed E-state index contributed by atoms with van der Waals surface area (Å²) in [5, 5.41) is 21.4. The number of aromatic nitrogens is 5. The molecular formula is C11H15N9O9S2. The number of aromatic amines is 2. The number of aromatic hydroxyl groups is 1.